The van der Waals surface area contributed by atoms with Gasteiger partial charge in [0, 0.05) is 17.0 Å². The third kappa shape index (κ3) is 4.95. The molecule has 1 aliphatic rings. The minimum Gasteiger partial charge on any atom is -0.496 e. The standard InChI is InChI=1S/C28H26FN5O3S/c1-17-24(26(35)31-21-13-7-9-15-23(21)37-3)25(19-11-5-8-14-22(19)36-2)34-27(30-17)32-28(33-34)38-16-18-10-4-6-12-20(18)29/h4-15,25H,16H2,1-3H3,(H,31,35)(H,30,32,33). The molecular formula is C28H26FN5O3S. The van der Waals surface area contributed by atoms with Crippen LogP contribution in [0.15, 0.2) is 89.2 Å². The molecule has 38 heavy (non-hydrogen) atoms. The molecule has 3 aromatic carbocycles. The van der Waals surface area contributed by atoms with E-state index in [1.54, 1.807) is 49.2 Å². The summed E-state index contributed by atoms with van der Waals surface area (Å²) in [5, 5.41) is 11.4. The first kappa shape index (κ1) is 25.3. The van der Waals surface area contributed by atoms with Gasteiger partial charge in [-0.25, -0.2) is 9.07 Å². The number of fused-ring (bicyclic) bond motifs is 1. The number of amides is 1. The van der Waals surface area contributed by atoms with E-state index < -0.39 is 6.04 Å². The molecule has 0 bridgehead atoms. The topological polar surface area (TPSA) is 90.3 Å². The summed E-state index contributed by atoms with van der Waals surface area (Å²) < 4.78 is 26.9. The van der Waals surface area contributed by atoms with E-state index >= 15 is 0 Å². The van der Waals surface area contributed by atoms with Crippen LogP contribution in [0.1, 0.15) is 24.1 Å². The molecule has 1 aromatic heterocycles. The maximum Gasteiger partial charge on any atom is 0.255 e. The van der Waals surface area contributed by atoms with Crippen molar-refractivity contribution in [3.05, 3.63) is 101 Å². The first-order chi connectivity index (χ1) is 18.5. The molecule has 1 unspecified atom stereocenters. The van der Waals surface area contributed by atoms with Crippen molar-refractivity contribution in [3.8, 4) is 11.5 Å². The Hall–Kier alpha value is -4.31. The van der Waals surface area contributed by atoms with Gasteiger partial charge in [-0.05, 0) is 36.8 Å². The molecular weight excluding hydrogens is 505 g/mol. The molecule has 2 N–H and O–H groups in total. The van der Waals surface area contributed by atoms with Gasteiger partial charge in [0.05, 0.1) is 25.5 Å². The molecule has 4 aromatic rings. The van der Waals surface area contributed by atoms with Gasteiger partial charge in [-0.1, -0.05) is 60.3 Å². The van der Waals surface area contributed by atoms with Gasteiger partial charge in [0.2, 0.25) is 11.1 Å². The molecule has 0 saturated heterocycles. The second-order valence-corrected chi connectivity index (χ2v) is 9.45. The van der Waals surface area contributed by atoms with Gasteiger partial charge in [-0.2, -0.15) is 4.98 Å². The van der Waals surface area contributed by atoms with Crippen molar-refractivity contribution in [2.75, 3.05) is 24.9 Å². The van der Waals surface area contributed by atoms with Crippen LogP contribution in [0.5, 0.6) is 11.5 Å². The van der Waals surface area contributed by atoms with Crippen LogP contribution in [0.2, 0.25) is 0 Å². The number of ether oxygens (including phenoxy) is 2. The summed E-state index contributed by atoms with van der Waals surface area (Å²) in [7, 11) is 3.14. The third-order valence-corrected chi connectivity index (χ3v) is 7.07. The predicted octanol–water partition coefficient (Wildman–Crippen LogP) is 5.65. The van der Waals surface area contributed by atoms with E-state index in [0.29, 0.717) is 50.9 Å². The third-order valence-electron chi connectivity index (χ3n) is 6.18. The zero-order valence-electron chi connectivity index (χ0n) is 21.1. The van der Waals surface area contributed by atoms with Crippen LogP contribution in [0.4, 0.5) is 16.0 Å². The Labute approximate surface area is 223 Å². The Morgan fingerprint density at radius 1 is 1.03 bits per heavy atom. The average molecular weight is 532 g/mol. The fraction of sp³-hybridized carbons (Fsp3) is 0.179. The fourth-order valence-electron chi connectivity index (χ4n) is 4.36. The van der Waals surface area contributed by atoms with Gasteiger partial charge < -0.3 is 20.1 Å². The molecule has 0 fully saturated rings. The van der Waals surface area contributed by atoms with Crippen molar-refractivity contribution in [2.24, 2.45) is 0 Å². The lowest BCUT2D eigenvalue weighted by atomic mass is 9.94. The van der Waals surface area contributed by atoms with Crippen molar-refractivity contribution in [1.82, 2.24) is 14.8 Å². The van der Waals surface area contributed by atoms with Crippen LogP contribution in [-0.2, 0) is 10.5 Å². The average Bonchev–Trinajstić information content (AvgIpc) is 3.34. The molecule has 0 spiro atoms. The summed E-state index contributed by atoms with van der Waals surface area (Å²) in [5.74, 6) is 1.40. The highest BCUT2D eigenvalue weighted by Crippen LogP contribution is 2.40. The van der Waals surface area contributed by atoms with Gasteiger partial charge in [0.25, 0.3) is 5.91 Å². The lowest BCUT2D eigenvalue weighted by Crippen LogP contribution is -2.31. The van der Waals surface area contributed by atoms with Gasteiger partial charge in [0.1, 0.15) is 23.4 Å². The van der Waals surface area contributed by atoms with E-state index in [4.69, 9.17) is 14.6 Å². The van der Waals surface area contributed by atoms with Crippen LogP contribution in [0, 0.1) is 5.82 Å². The van der Waals surface area contributed by atoms with E-state index in [-0.39, 0.29) is 11.7 Å². The SMILES string of the molecule is COc1ccccc1NC(=O)C1=C(C)Nc2nc(SCc3ccccc3F)nn2C1c1ccccc1OC. The molecule has 0 radical (unpaired) electrons. The smallest absolute Gasteiger partial charge is 0.255 e. The normalized spacial score (nSPS) is 14.5. The number of anilines is 2. The number of hydrogen-bond acceptors (Lipinski definition) is 7. The molecule has 0 aliphatic carbocycles. The monoisotopic (exact) mass is 531 g/mol. The number of nitrogens with one attached hydrogen (secondary N) is 2. The number of allylic oxidation sites excluding steroid dienone is 1. The predicted molar refractivity (Wildman–Crippen MR) is 145 cm³/mol. The van der Waals surface area contributed by atoms with Gasteiger partial charge in [-0.15, -0.1) is 5.10 Å². The van der Waals surface area contributed by atoms with Crippen molar-refractivity contribution >= 4 is 29.3 Å². The molecule has 8 nitrogen and oxygen atoms in total. The zero-order valence-corrected chi connectivity index (χ0v) is 21.9. The van der Waals surface area contributed by atoms with Crippen molar-refractivity contribution in [2.45, 2.75) is 23.9 Å². The summed E-state index contributed by atoms with van der Waals surface area (Å²) in [6.45, 7) is 1.82. The number of aromatic nitrogens is 3. The van der Waals surface area contributed by atoms with Crippen LogP contribution >= 0.6 is 11.8 Å². The lowest BCUT2D eigenvalue weighted by molar-refractivity contribution is -0.113. The summed E-state index contributed by atoms with van der Waals surface area (Å²) in [6.07, 6.45) is 0. The highest BCUT2D eigenvalue weighted by molar-refractivity contribution is 7.98. The van der Waals surface area contributed by atoms with Crippen molar-refractivity contribution < 1.29 is 18.7 Å². The van der Waals surface area contributed by atoms with Crippen LogP contribution < -0.4 is 20.1 Å². The maximum atomic E-state index is 14.2. The summed E-state index contributed by atoms with van der Waals surface area (Å²) in [5.41, 5.74) is 2.93. The Kier molecular flexibility index (Phi) is 7.32. The zero-order chi connectivity index (χ0) is 26.6. The van der Waals surface area contributed by atoms with Gasteiger partial charge in [-0.3, -0.25) is 4.79 Å². The molecule has 194 valence electrons. The minimum atomic E-state index is -0.632. The van der Waals surface area contributed by atoms with Gasteiger partial charge in [0.15, 0.2) is 0 Å². The van der Waals surface area contributed by atoms with E-state index in [2.05, 4.69) is 15.6 Å². The van der Waals surface area contributed by atoms with Crippen LogP contribution in [0.25, 0.3) is 0 Å². The van der Waals surface area contributed by atoms with Crippen molar-refractivity contribution in [1.29, 1.82) is 0 Å². The van der Waals surface area contributed by atoms with Crippen LogP contribution in [-0.4, -0.2) is 34.9 Å². The quantitative estimate of drug-likeness (QED) is 0.284. The first-order valence-corrected chi connectivity index (χ1v) is 12.9. The Bertz CT molecular complexity index is 1520. The number of carbonyl (C=O) groups excluding carboxylic acids is 1. The Morgan fingerprint density at radius 3 is 2.47 bits per heavy atom. The molecule has 2 heterocycles. The second-order valence-electron chi connectivity index (χ2n) is 8.51. The molecule has 1 aliphatic heterocycles. The fourth-order valence-corrected chi connectivity index (χ4v) is 5.18. The van der Waals surface area contributed by atoms with Crippen molar-refractivity contribution in [3.63, 3.8) is 0 Å². The molecule has 1 amide bonds. The Morgan fingerprint density at radius 2 is 1.71 bits per heavy atom. The second kappa shape index (κ2) is 11.0. The first-order valence-electron chi connectivity index (χ1n) is 11.9. The molecule has 1 atom stereocenters. The number of para-hydroxylation sites is 3. The summed E-state index contributed by atoms with van der Waals surface area (Å²) in [6, 6.07) is 20.7. The minimum absolute atomic E-state index is 0.276. The summed E-state index contributed by atoms with van der Waals surface area (Å²) >= 11 is 1.32. The highest BCUT2D eigenvalue weighted by atomic mass is 32.2. The molecule has 5 rings (SSSR count). The number of halogens is 1. The number of hydrogen-bond donors (Lipinski definition) is 2. The Balaban J connectivity index is 1.53. The number of benzene rings is 3. The number of nitrogens with zero attached hydrogens (tertiary/aromatic N) is 3. The number of methoxy groups -OCH3 is 2. The number of thioether (sulfide) groups is 1. The van der Waals surface area contributed by atoms with E-state index in [0.717, 1.165) is 5.56 Å². The maximum absolute atomic E-state index is 14.2. The molecule has 10 heteroatoms. The molecule has 0 saturated carbocycles. The van der Waals surface area contributed by atoms with E-state index in [1.807, 2.05) is 43.3 Å². The summed E-state index contributed by atoms with van der Waals surface area (Å²) in [4.78, 5) is 18.4. The number of rotatable bonds is 8. The van der Waals surface area contributed by atoms with E-state index in [1.165, 1.54) is 17.8 Å². The van der Waals surface area contributed by atoms with Gasteiger partial charge >= 0.3 is 0 Å². The van der Waals surface area contributed by atoms with Crippen LogP contribution in [0.3, 0.4) is 0 Å². The van der Waals surface area contributed by atoms with E-state index in [9.17, 15) is 9.18 Å². The highest BCUT2D eigenvalue weighted by Gasteiger charge is 2.36. The largest absolute Gasteiger partial charge is 0.496 e. The lowest BCUT2D eigenvalue weighted by Gasteiger charge is -2.29. The number of carbonyl (C=O) groups is 1.